The molecular weight excluding hydrogens is 440 g/mol. The lowest BCUT2D eigenvalue weighted by atomic mass is 10.2. The van der Waals surface area contributed by atoms with Crippen LogP contribution in [0.1, 0.15) is 47.4 Å². The quantitative estimate of drug-likeness (QED) is 0.441. The molecule has 0 bridgehead atoms. The molecule has 0 fully saturated rings. The van der Waals surface area contributed by atoms with Gasteiger partial charge in [-0.25, -0.2) is 4.79 Å². The first-order chi connectivity index (χ1) is 14.0. The molecule has 0 saturated carbocycles. The number of hydrogen-bond acceptors (Lipinski definition) is 7. The first-order valence-electron chi connectivity index (χ1n) is 9.01. The fraction of sp³-hybridized carbons (Fsp3) is 0.286. The van der Waals surface area contributed by atoms with E-state index in [4.69, 9.17) is 18.7 Å². The fourth-order valence-electron chi connectivity index (χ4n) is 2.48. The second-order valence-electron chi connectivity index (χ2n) is 6.54. The topological polar surface area (TPSA) is 83.7 Å². The predicted octanol–water partition coefficient (Wildman–Crippen LogP) is 4.90. The van der Waals surface area contributed by atoms with Crippen molar-refractivity contribution in [2.75, 3.05) is 7.11 Å². The third-order valence-electron chi connectivity index (χ3n) is 4.02. The average Bonchev–Trinajstić information content (AvgIpc) is 3.20. The van der Waals surface area contributed by atoms with E-state index in [0.717, 1.165) is 5.56 Å². The molecule has 0 unspecified atom stereocenters. The van der Waals surface area contributed by atoms with Crippen LogP contribution in [0.2, 0.25) is 0 Å². The number of carbonyl (C=O) groups excluding carboxylic acids is 1. The number of ether oxygens (including phenoxy) is 3. The Balaban J connectivity index is 1.68. The highest BCUT2D eigenvalue weighted by molar-refractivity contribution is 9.10. The fourth-order valence-corrected chi connectivity index (χ4v) is 3.04. The summed E-state index contributed by atoms with van der Waals surface area (Å²) >= 11 is 3.44. The molecule has 29 heavy (non-hydrogen) atoms. The van der Waals surface area contributed by atoms with Crippen molar-refractivity contribution in [3.8, 4) is 11.5 Å². The molecule has 1 aromatic heterocycles. The van der Waals surface area contributed by atoms with Crippen LogP contribution in [0, 0.1) is 0 Å². The van der Waals surface area contributed by atoms with Crippen molar-refractivity contribution in [2.24, 2.45) is 0 Å². The summed E-state index contributed by atoms with van der Waals surface area (Å²) in [6.45, 7) is 4.16. The molecule has 0 aliphatic rings. The maximum atomic E-state index is 12.4. The number of carbonyl (C=O) groups is 1. The van der Waals surface area contributed by atoms with E-state index in [-0.39, 0.29) is 18.4 Å². The summed E-state index contributed by atoms with van der Waals surface area (Å²) in [7, 11) is 1.51. The average molecular weight is 461 g/mol. The van der Waals surface area contributed by atoms with Crippen LogP contribution in [0.15, 0.2) is 51.5 Å². The standard InChI is InChI=1S/C21H21BrN2O5/c1-13(2)20-23-18(29-24-20)12-28-21(25)15-9-16(22)19(17(10-15)26-3)27-11-14-7-5-4-6-8-14/h4-10,13H,11-12H2,1-3H3. The van der Waals surface area contributed by atoms with Crippen molar-refractivity contribution < 1.29 is 23.5 Å². The Kier molecular flexibility index (Phi) is 6.87. The van der Waals surface area contributed by atoms with Gasteiger partial charge in [-0.2, -0.15) is 4.98 Å². The van der Waals surface area contributed by atoms with Crippen LogP contribution in [0.4, 0.5) is 0 Å². The van der Waals surface area contributed by atoms with Gasteiger partial charge in [0.05, 0.1) is 17.1 Å². The number of rotatable bonds is 8. The van der Waals surface area contributed by atoms with E-state index in [1.807, 2.05) is 44.2 Å². The summed E-state index contributed by atoms with van der Waals surface area (Å²) in [5, 5.41) is 3.84. The first-order valence-corrected chi connectivity index (χ1v) is 9.81. The molecule has 0 amide bonds. The van der Waals surface area contributed by atoms with Gasteiger partial charge in [0.2, 0.25) is 0 Å². The number of methoxy groups -OCH3 is 1. The highest BCUT2D eigenvalue weighted by Crippen LogP contribution is 2.37. The summed E-state index contributed by atoms with van der Waals surface area (Å²) in [6, 6.07) is 13.0. The Bertz CT molecular complexity index is 972. The zero-order valence-corrected chi connectivity index (χ0v) is 17.9. The Morgan fingerprint density at radius 3 is 2.59 bits per heavy atom. The van der Waals surface area contributed by atoms with Gasteiger partial charge in [0.1, 0.15) is 6.61 Å². The minimum Gasteiger partial charge on any atom is -0.493 e. The van der Waals surface area contributed by atoms with E-state index in [1.54, 1.807) is 12.1 Å². The normalized spacial score (nSPS) is 10.8. The van der Waals surface area contributed by atoms with E-state index in [2.05, 4.69) is 26.1 Å². The lowest BCUT2D eigenvalue weighted by Gasteiger charge is -2.14. The minimum absolute atomic E-state index is 0.106. The molecule has 0 N–H and O–H groups in total. The first kappa shape index (κ1) is 20.9. The van der Waals surface area contributed by atoms with Gasteiger partial charge in [-0.3, -0.25) is 0 Å². The molecule has 0 radical (unpaired) electrons. The summed E-state index contributed by atoms with van der Waals surface area (Å²) in [4.78, 5) is 16.6. The summed E-state index contributed by atoms with van der Waals surface area (Å²) in [5.74, 6) is 1.33. The van der Waals surface area contributed by atoms with Gasteiger partial charge in [-0.05, 0) is 33.6 Å². The third kappa shape index (κ3) is 5.35. The summed E-state index contributed by atoms with van der Waals surface area (Å²) in [6.07, 6.45) is 0. The SMILES string of the molecule is COc1cc(C(=O)OCc2nc(C(C)C)no2)cc(Br)c1OCc1ccccc1. The Hall–Kier alpha value is -2.87. The molecule has 0 aliphatic heterocycles. The molecule has 0 atom stereocenters. The minimum atomic E-state index is -0.539. The van der Waals surface area contributed by atoms with E-state index in [0.29, 0.717) is 34.0 Å². The molecule has 7 nitrogen and oxygen atoms in total. The number of hydrogen-bond donors (Lipinski definition) is 0. The maximum absolute atomic E-state index is 12.4. The summed E-state index contributed by atoms with van der Waals surface area (Å²) < 4.78 is 22.2. The van der Waals surface area contributed by atoms with Gasteiger partial charge >= 0.3 is 5.97 Å². The zero-order valence-electron chi connectivity index (χ0n) is 16.3. The molecule has 8 heteroatoms. The van der Waals surface area contributed by atoms with Crippen molar-refractivity contribution in [3.05, 3.63) is 69.8 Å². The number of nitrogens with zero attached hydrogens (tertiary/aromatic N) is 2. The molecule has 0 spiro atoms. The van der Waals surface area contributed by atoms with E-state index in [9.17, 15) is 4.79 Å². The third-order valence-corrected chi connectivity index (χ3v) is 4.61. The molecule has 0 saturated heterocycles. The predicted molar refractivity (Wildman–Crippen MR) is 109 cm³/mol. The van der Waals surface area contributed by atoms with Gasteiger partial charge in [0.15, 0.2) is 23.9 Å². The number of aromatic nitrogens is 2. The van der Waals surface area contributed by atoms with Crippen LogP contribution < -0.4 is 9.47 Å². The zero-order chi connectivity index (χ0) is 20.8. The molecule has 152 valence electrons. The van der Waals surface area contributed by atoms with Crippen LogP contribution in [0.5, 0.6) is 11.5 Å². The van der Waals surface area contributed by atoms with E-state index in [1.165, 1.54) is 7.11 Å². The maximum Gasteiger partial charge on any atom is 0.338 e. The van der Waals surface area contributed by atoms with Gasteiger partial charge in [0, 0.05) is 5.92 Å². The molecule has 0 aliphatic carbocycles. The van der Waals surface area contributed by atoms with Crippen molar-refractivity contribution >= 4 is 21.9 Å². The van der Waals surface area contributed by atoms with Gasteiger partial charge < -0.3 is 18.7 Å². The van der Waals surface area contributed by atoms with E-state index < -0.39 is 5.97 Å². The Labute approximate surface area is 177 Å². The lowest BCUT2D eigenvalue weighted by molar-refractivity contribution is 0.0429. The highest BCUT2D eigenvalue weighted by Gasteiger charge is 2.18. The van der Waals surface area contributed by atoms with Crippen LogP contribution in [-0.2, 0) is 18.0 Å². The largest absolute Gasteiger partial charge is 0.493 e. The second-order valence-corrected chi connectivity index (χ2v) is 7.40. The Morgan fingerprint density at radius 1 is 1.17 bits per heavy atom. The van der Waals surface area contributed by atoms with Crippen LogP contribution >= 0.6 is 15.9 Å². The van der Waals surface area contributed by atoms with E-state index >= 15 is 0 Å². The number of esters is 1. The second kappa shape index (κ2) is 9.56. The number of halogens is 1. The van der Waals surface area contributed by atoms with Gasteiger partial charge in [-0.1, -0.05) is 49.3 Å². The molecule has 3 rings (SSSR count). The highest BCUT2D eigenvalue weighted by atomic mass is 79.9. The van der Waals surface area contributed by atoms with Crippen LogP contribution in [0.3, 0.4) is 0 Å². The van der Waals surface area contributed by atoms with Crippen molar-refractivity contribution in [3.63, 3.8) is 0 Å². The van der Waals surface area contributed by atoms with Crippen molar-refractivity contribution in [1.82, 2.24) is 10.1 Å². The van der Waals surface area contributed by atoms with Gasteiger partial charge in [0.25, 0.3) is 5.89 Å². The molecule has 2 aromatic carbocycles. The van der Waals surface area contributed by atoms with Gasteiger partial charge in [-0.15, -0.1) is 0 Å². The molecule has 1 heterocycles. The molecular formula is C21H21BrN2O5. The Morgan fingerprint density at radius 2 is 1.93 bits per heavy atom. The monoisotopic (exact) mass is 460 g/mol. The number of benzene rings is 2. The van der Waals surface area contributed by atoms with Crippen molar-refractivity contribution in [2.45, 2.75) is 33.0 Å². The molecule has 3 aromatic rings. The van der Waals surface area contributed by atoms with Crippen molar-refractivity contribution in [1.29, 1.82) is 0 Å². The van der Waals surface area contributed by atoms with Crippen LogP contribution in [-0.4, -0.2) is 23.2 Å². The lowest BCUT2D eigenvalue weighted by Crippen LogP contribution is -2.07. The van der Waals surface area contributed by atoms with Crippen LogP contribution in [0.25, 0.3) is 0 Å². The smallest absolute Gasteiger partial charge is 0.338 e. The summed E-state index contributed by atoms with van der Waals surface area (Å²) in [5.41, 5.74) is 1.33.